The van der Waals surface area contributed by atoms with Gasteiger partial charge in [-0.25, -0.2) is 18.2 Å². The molecule has 0 N–H and O–H groups in total. The number of halogens is 4. The molecule has 0 spiro atoms. The van der Waals surface area contributed by atoms with Crippen molar-refractivity contribution < 1.29 is 17.6 Å². The van der Waals surface area contributed by atoms with Gasteiger partial charge >= 0.3 is 0 Å². The van der Waals surface area contributed by atoms with Gasteiger partial charge in [0.05, 0.1) is 6.20 Å². The molecular weight excluding hydrogens is 267 g/mol. The van der Waals surface area contributed by atoms with Gasteiger partial charge in [0.1, 0.15) is 0 Å². The van der Waals surface area contributed by atoms with Gasteiger partial charge in [-0.05, 0) is 18.6 Å². The number of aryl methyl sites for hydroxylation is 1. The molecule has 0 saturated heterocycles. The molecule has 1 heterocycles. The summed E-state index contributed by atoms with van der Waals surface area (Å²) < 4.78 is 44.2. The average molecular weight is 276 g/mol. The molecule has 0 atom stereocenters. The van der Waals surface area contributed by atoms with Crippen molar-refractivity contribution >= 4 is 11.6 Å². The largest absolute Gasteiger partial charge is 0.441 e. The lowest BCUT2D eigenvalue weighted by Crippen LogP contribution is -1.91. The van der Waals surface area contributed by atoms with E-state index in [4.69, 9.17) is 16.0 Å². The summed E-state index contributed by atoms with van der Waals surface area (Å²) in [5.41, 5.74) is 0.107. The van der Waals surface area contributed by atoms with Crippen molar-refractivity contribution in [3.05, 3.63) is 41.7 Å². The van der Waals surface area contributed by atoms with Crippen molar-refractivity contribution in [3.8, 4) is 11.3 Å². The minimum atomic E-state index is -1.50. The maximum absolute atomic E-state index is 13.0. The van der Waals surface area contributed by atoms with E-state index in [9.17, 15) is 13.2 Å². The van der Waals surface area contributed by atoms with E-state index in [1.54, 1.807) is 0 Å². The summed E-state index contributed by atoms with van der Waals surface area (Å²) in [4.78, 5) is 3.95. The molecule has 18 heavy (non-hydrogen) atoms. The minimum Gasteiger partial charge on any atom is -0.441 e. The topological polar surface area (TPSA) is 26.0 Å². The predicted molar refractivity (Wildman–Crippen MR) is 60.9 cm³/mol. The molecule has 1 aromatic carbocycles. The minimum absolute atomic E-state index is 0.107. The van der Waals surface area contributed by atoms with Gasteiger partial charge in [-0.1, -0.05) is 0 Å². The van der Waals surface area contributed by atoms with Crippen molar-refractivity contribution in [2.24, 2.45) is 0 Å². The van der Waals surface area contributed by atoms with Crippen molar-refractivity contribution in [3.63, 3.8) is 0 Å². The van der Waals surface area contributed by atoms with Crippen LogP contribution in [0.4, 0.5) is 13.2 Å². The highest BCUT2D eigenvalue weighted by Gasteiger charge is 2.14. The molecule has 0 unspecified atom stereocenters. The number of hydrogen-bond donors (Lipinski definition) is 0. The van der Waals surface area contributed by atoms with E-state index >= 15 is 0 Å². The van der Waals surface area contributed by atoms with E-state index in [0.29, 0.717) is 24.6 Å². The van der Waals surface area contributed by atoms with E-state index in [1.165, 1.54) is 6.20 Å². The Morgan fingerprint density at radius 3 is 2.44 bits per heavy atom. The standard InChI is InChI=1S/C12H9ClF3NO/c13-3-1-2-11-17-6-10(18-11)7-4-8(14)12(16)9(15)5-7/h4-6H,1-3H2. The van der Waals surface area contributed by atoms with Crippen LogP contribution < -0.4 is 0 Å². The van der Waals surface area contributed by atoms with Crippen molar-refractivity contribution in [1.29, 1.82) is 0 Å². The van der Waals surface area contributed by atoms with Crippen LogP contribution in [0.25, 0.3) is 11.3 Å². The van der Waals surface area contributed by atoms with Gasteiger partial charge in [0.15, 0.2) is 29.1 Å². The summed E-state index contributed by atoms with van der Waals surface area (Å²) in [6.07, 6.45) is 2.57. The van der Waals surface area contributed by atoms with E-state index in [2.05, 4.69) is 4.98 Å². The Labute approximate surface area is 106 Å². The molecule has 96 valence electrons. The van der Waals surface area contributed by atoms with Gasteiger partial charge in [0, 0.05) is 17.9 Å². The van der Waals surface area contributed by atoms with Gasteiger partial charge < -0.3 is 4.42 Å². The second-order valence-electron chi connectivity index (χ2n) is 3.66. The van der Waals surface area contributed by atoms with Crippen LogP contribution in [0.3, 0.4) is 0 Å². The number of oxazole rings is 1. The van der Waals surface area contributed by atoms with Crippen molar-refractivity contribution in [2.45, 2.75) is 12.8 Å². The molecule has 0 radical (unpaired) electrons. The fourth-order valence-corrected chi connectivity index (χ4v) is 1.61. The number of aromatic nitrogens is 1. The highest BCUT2D eigenvalue weighted by Crippen LogP contribution is 2.24. The maximum Gasteiger partial charge on any atom is 0.194 e. The van der Waals surface area contributed by atoms with Crippen LogP contribution in [0.1, 0.15) is 12.3 Å². The van der Waals surface area contributed by atoms with Crippen LogP contribution in [0.5, 0.6) is 0 Å². The van der Waals surface area contributed by atoms with Gasteiger partial charge in [-0.15, -0.1) is 11.6 Å². The number of rotatable bonds is 4. The second-order valence-corrected chi connectivity index (χ2v) is 4.04. The molecule has 1 aromatic heterocycles. The molecule has 0 amide bonds. The normalized spacial score (nSPS) is 10.9. The molecular formula is C12H9ClF3NO. The van der Waals surface area contributed by atoms with E-state index < -0.39 is 17.5 Å². The summed E-state index contributed by atoms with van der Waals surface area (Å²) in [6.45, 7) is 0. The quantitative estimate of drug-likeness (QED) is 0.624. The Balaban J connectivity index is 2.28. The summed E-state index contributed by atoms with van der Waals surface area (Å²) >= 11 is 5.52. The fraction of sp³-hybridized carbons (Fsp3) is 0.250. The molecule has 0 aliphatic heterocycles. The van der Waals surface area contributed by atoms with Crippen LogP contribution in [0, 0.1) is 17.5 Å². The van der Waals surface area contributed by atoms with Crippen LogP contribution in [-0.4, -0.2) is 10.9 Å². The third-order valence-corrected chi connectivity index (χ3v) is 2.61. The third-order valence-electron chi connectivity index (χ3n) is 2.35. The molecule has 0 aliphatic carbocycles. The predicted octanol–water partition coefficient (Wildman–Crippen LogP) is 3.93. The summed E-state index contributed by atoms with van der Waals surface area (Å²) in [5.74, 6) is -2.93. The summed E-state index contributed by atoms with van der Waals surface area (Å²) in [6, 6.07) is 1.73. The highest BCUT2D eigenvalue weighted by atomic mass is 35.5. The number of alkyl halides is 1. The van der Waals surface area contributed by atoms with Crippen LogP contribution in [-0.2, 0) is 6.42 Å². The molecule has 0 aliphatic rings. The summed E-state index contributed by atoms with van der Waals surface area (Å²) in [7, 11) is 0. The Hall–Kier alpha value is -1.49. The van der Waals surface area contributed by atoms with Crippen LogP contribution in [0.2, 0.25) is 0 Å². The maximum atomic E-state index is 13.0. The second kappa shape index (κ2) is 5.44. The first-order valence-corrected chi connectivity index (χ1v) is 5.81. The molecule has 2 aromatic rings. The molecule has 6 heteroatoms. The van der Waals surface area contributed by atoms with Crippen molar-refractivity contribution in [2.75, 3.05) is 5.88 Å². The Morgan fingerprint density at radius 2 is 1.83 bits per heavy atom. The zero-order chi connectivity index (χ0) is 13.1. The van der Waals surface area contributed by atoms with E-state index in [-0.39, 0.29) is 11.3 Å². The first-order valence-electron chi connectivity index (χ1n) is 5.27. The molecule has 0 saturated carbocycles. The molecule has 0 bridgehead atoms. The highest BCUT2D eigenvalue weighted by molar-refractivity contribution is 6.17. The van der Waals surface area contributed by atoms with Gasteiger partial charge in [-0.2, -0.15) is 0 Å². The monoisotopic (exact) mass is 275 g/mol. The van der Waals surface area contributed by atoms with E-state index in [0.717, 1.165) is 12.1 Å². The average Bonchev–Trinajstić information content (AvgIpc) is 2.81. The van der Waals surface area contributed by atoms with Crippen LogP contribution in [0.15, 0.2) is 22.7 Å². The molecule has 2 rings (SSSR count). The van der Waals surface area contributed by atoms with Gasteiger partial charge in [0.25, 0.3) is 0 Å². The third kappa shape index (κ3) is 2.67. The number of hydrogen-bond acceptors (Lipinski definition) is 2. The zero-order valence-corrected chi connectivity index (χ0v) is 9.98. The summed E-state index contributed by atoms with van der Waals surface area (Å²) in [5, 5.41) is 0. The fourth-order valence-electron chi connectivity index (χ4n) is 1.48. The lowest BCUT2D eigenvalue weighted by molar-refractivity contribution is 0.446. The van der Waals surface area contributed by atoms with Crippen molar-refractivity contribution in [1.82, 2.24) is 4.98 Å². The lowest BCUT2D eigenvalue weighted by Gasteiger charge is -1.99. The number of benzene rings is 1. The first kappa shape index (κ1) is 13.0. The Bertz CT molecular complexity index is 533. The lowest BCUT2D eigenvalue weighted by atomic mass is 10.1. The van der Waals surface area contributed by atoms with Crippen LogP contribution >= 0.6 is 11.6 Å². The zero-order valence-electron chi connectivity index (χ0n) is 9.22. The Kier molecular flexibility index (Phi) is 3.91. The van der Waals surface area contributed by atoms with Gasteiger partial charge in [-0.3, -0.25) is 0 Å². The number of nitrogens with zero attached hydrogens (tertiary/aromatic N) is 1. The molecule has 2 nitrogen and oxygen atoms in total. The smallest absolute Gasteiger partial charge is 0.194 e. The van der Waals surface area contributed by atoms with Gasteiger partial charge in [0.2, 0.25) is 0 Å². The Morgan fingerprint density at radius 1 is 1.17 bits per heavy atom. The molecule has 0 fully saturated rings. The van der Waals surface area contributed by atoms with E-state index in [1.807, 2.05) is 0 Å². The SMILES string of the molecule is Fc1cc(-c2cnc(CCCCl)o2)cc(F)c1F. The first-order chi connectivity index (χ1) is 8.61.